The normalized spacial score (nSPS) is 16.5. The highest BCUT2D eigenvalue weighted by atomic mass is 32.2. The molecule has 0 aromatic heterocycles. The predicted octanol–water partition coefficient (Wildman–Crippen LogP) is 4.71. The number of halogens is 3. The van der Waals surface area contributed by atoms with Crippen molar-refractivity contribution in [2.75, 3.05) is 12.9 Å². The van der Waals surface area contributed by atoms with Crippen molar-refractivity contribution in [3.63, 3.8) is 0 Å². The molecule has 0 rings (SSSR count). The predicted molar refractivity (Wildman–Crippen MR) is 103 cm³/mol. The van der Waals surface area contributed by atoms with E-state index in [0.29, 0.717) is 13.3 Å². The minimum Gasteiger partial charge on any atom is -0.448 e. The van der Waals surface area contributed by atoms with Gasteiger partial charge in [0.05, 0.1) is 0 Å². The van der Waals surface area contributed by atoms with Crippen LogP contribution in [0.4, 0.5) is 13.2 Å². The maximum Gasteiger partial charge on any atom is 0.429 e. The molecule has 0 aliphatic rings. The fourth-order valence-corrected chi connectivity index (χ4v) is 5.93. The van der Waals surface area contributed by atoms with Crippen LogP contribution in [-0.4, -0.2) is 51.9 Å². The zero-order chi connectivity index (χ0) is 22.2. The topological polar surface area (TPSA) is 89.9 Å². The van der Waals surface area contributed by atoms with E-state index in [4.69, 9.17) is 8.98 Å². The second-order valence-corrected chi connectivity index (χ2v) is 13.7. The Labute approximate surface area is 167 Å². The van der Waals surface area contributed by atoms with E-state index in [1.165, 1.54) is 0 Å². The van der Waals surface area contributed by atoms with Gasteiger partial charge in [-0.2, -0.15) is 21.6 Å². The van der Waals surface area contributed by atoms with Gasteiger partial charge in [0.25, 0.3) is 10.1 Å². The molecule has 0 bridgehead atoms. The van der Waals surface area contributed by atoms with Gasteiger partial charge in [0.1, 0.15) is 5.75 Å². The number of carbonyl (C=O) groups excluding carboxylic acids is 1. The van der Waals surface area contributed by atoms with Crippen LogP contribution < -0.4 is 0 Å². The number of unbranched alkanes of at least 4 members (excludes halogenated alkanes) is 3. The number of rotatable bonds is 13. The number of hydrogen-bond donors (Lipinski definition) is 1. The van der Waals surface area contributed by atoms with E-state index in [1.54, 1.807) is 7.11 Å². The van der Waals surface area contributed by atoms with E-state index in [9.17, 15) is 26.4 Å². The van der Waals surface area contributed by atoms with Crippen molar-refractivity contribution in [2.45, 2.75) is 89.2 Å². The average Bonchev–Trinajstić information content (AvgIpc) is 2.50. The molecule has 6 nitrogen and oxygen atoms in total. The minimum atomic E-state index is -5.14. The summed E-state index contributed by atoms with van der Waals surface area (Å²) in [6.07, 6.45) is -0.175. The third-order valence-corrected chi connectivity index (χ3v) is 9.52. The number of esters is 1. The van der Waals surface area contributed by atoms with E-state index in [0.717, 1.165) is 32.1 Å². The molecule has 11 heteroatoms. The lowest BCUT2D eigenvalue weighted by Gasteiger charge is -2.32. The third kappa shape index (κ3) is 9.70. The minimum absolute atomic E-state index is 0.0561. The van der Waals surface area contributed by atoms with Gasteiger partial charge >= 0.3 is 12.1 Å². The number of carbonyl (C=O) groups is 1. The molecule has 28 heavy (non-hydrogen) atoms. The molecule has 0 aliphatic heterocycles. The zero-order valence-electron chi connectivity index (χ0n) is 17.3. The fourth-order valence-electron chi connectivity index (χ4n) is 2.94. The highest BCUT2D eigenvalue weighted by Gasteiger charge is 2.57. The van der Waals surface area contributed by atoms with Crippen molar-refractivity contribution in [3.05, 3.63) is 0 Å². The van der Waals surface area contributed by atoms with Gasteiger partial charge in [0, 0.05) is 13.5 Å². The molecule has 0 saturated carbocycles. The van der Waals surface area contributed by atoms with Crippen LogP contribution >= 0.6 is 0 Å². The van der Waals surface area contributed by atoms with Gasteiger partial charge in [-0.05, 0) is 32.0 Å². The summed E-state index contributed by atoms with van der Waals surface area (Å²) < 4.78 is 80.4. The summed E-state index contributed by atoms with van der Waals surface area (Å²) in [5.74, 6) is -2.89. The lowest BCUT2D eigenvalue weighted by molar-refractivity contribution is -0.256. The van der Waals surface area contributed by atoms with Gasteiger partial charge in [-0.3, -0.25) is 9.35 Å². The Hall–Kier alpha value is -0.653. The molecule has 0 saturated heterocycles. The van der Waals surface area contributed by atoms with E-state index in [1.807, 2.05) is 13.1 Å². The second-order valence-electron chi connectivity index (χ2n) is 7.82. The molecule has 2 atom stereocenters. The highest BCUT2D eigenvalue weighted by Crippen LogP contribution is 2.37. The van der Waals surface area contributed by atoms with Crippen LogP contribution in [0, 0.1) is 0 Å². The quantitative estimate of drug-likeness (QED) is 0.189. The lowest BCUT2D eigenvalue weighted by atomic mass is 10.1. The smallest absolute Gasteiger partial charge is 0.429 e. The fraction of sp³-hybridized carbons (Fsp3) is 0.941. The maximum absolute atomic E-state index is 13.2. The summed E-state index contributed by atoms with van der Waals surface area (Å²) in [7, 11) is -5.54. The van der Waals surface area contributed by atoms with Crippen molar-refractivity contribution in [2.24, 2.45) is 0 Å². The molecule has 0 spiro atoms. The summed E-state index contributed by atoms with van der Waals surface area (Å²) in [5.41, 5.74) is -3.25. The largest absolute Gasteiger partial charge is 0.448 e. The van der Waals surface area contributed by atoms with E-state index in [-0.39, 0.29) is 12.0 Å². The van der Waals surface area contributed by atoms with Crippen LogP contribution in [0.3, 0.4) is 0 Å². The van der Waals surface area contributed by atoms with E-state index >= 15 is 0 Å². The van der Waals surface area contributed by atoms with Crippen molar-refractivity contribution < 1.29 is 40.1 Å². The van der Waals surface area contributed by atoms with Gasteiger partial charge in [-0.1, -0.05) is 39.0 Å². The average molecular weight is 451 g/mol. The zero-order valence-corrected chi connectivity index (χ0v) is 19.1. The number of alkyl halides is 3. The van der Waals surface area contributed by atoms with Gasteiger partial charge < -0.3 is 9.16 Å². The maximum atomic E-state index is 13.2. The summed E-state index contributed by atoms with van der Waals surface area (Å²) in [6.45, 7) is 6.50. The van der Waals surface area contributed by atoms with Crippen LogP contribution in [0.2, 0.25) is 18.6 Å². The van der Waals surface area contributed by atoms with Crippen molar-refractivity contribution >= 4 is 24.4 Å². The van der Waals surface area contributed by atoms with Gasteiger partial charge in [-0.25, -0.2) is 0 Å². The van der Waals surface area contributed by atoms with Gasteiger partial charge in [-0.15, -0.1) is 0 Å². The molecule has 0 amide bonds. The lowest BCUT2D eigenvalue weighted by Crippen LogP contribution is -2.51. The first-order chi connectivity index (χ1) is 12.6. The van der Waals surface area contributed by atoms with Gasteiger partial charge in [0.2, 0.25) is 5.60 Å². The molecular formula is C17H33F3O6SSi. The Kier molecular flexibility index (Phi) is 10.7. The van der Waals surface area contributed by atoms with E-state index < -0.39 is 41.9 Å². The summed E-state index contributed by atoms with van der Waals surface area (Å²) >= 11 is 0. The molecule has 168 valence electrons. The molecule has 1 N–H and O–H groups in total. The van der Waals surface area contributed by atoms with Crippen molar-refractivity contribution in [1.29, 1.82) is 0 Å². The Bertz CT molecular complexity index is 594. The number of ether oxygens (including phenoxy) is 1. The molecule has 0 aliphatic carbocycles. The third-order valence-electron chi connectivity index (χ3n) is 5.01. The first-order valence-corrected chi connectivity index (χ1v) is 14.0. The first kappa shape index (κ1) is 27.3. The van der Waals surface area contributed by atoms with Crippen LogP contribution in [0.25, 0.3) is 0 Å². The molecule has 0 aromatic carbocycles. The highest BCUT2D eigenvalue weighted by molar-refractivity contribution is 7.85. The Morgan fingerprint density at radius 1 is 1.14 bits per heavy atom. The molecular weight excluding hydrogens is 417 g/mol. The molecule has 0 aromatic rings. The Morgan fingerprint density at radius 3 is 2.14 bits per heavy atom. The van der Waals surface area contributed by atoms with Crippen LogP contribution in [0.1, 0.15) is 58.8 Å². The summed E-state index contributed by atoms with van der Waals surface area (Å²) in [6, 6.07) is 0. The molecule has 2 unspecified atom stereocenters. The Balaban J connectivity index is 5.07. The second kappa shape index (κ2) is 10.9. The van der Waals surface area contributed by atoms with Gasteiger partial charge in [0.15, 0.2) is 8.32 Å². The molecule has 0 heterocycles. The first-order valence-electron chi connectivity index (χ1n) is 9.37. The summed E-state index contributed by atoms with van der Waals surface area (Å²) in [4.78, 5) is 12.1. The SMILES string of the molecule is CCCCCCC(CCC(=O)OC(C)(CS(=O)(=O)O)C(F)(F)F)[Si](C)(C)OC. The van der Waals surface area contributed by atoms with Crippen molar-refractivity contribution in [1.82, 2.24) is 0 Å². The van der Waals surface area contributed by atoms with Crippen LogP contribution in [-0.2, 0) is 24.1 Å². The molecule has 0 fully saturated rings. The van der Waals surface area contributed by atoms with Crippen molar-refractivity contribution in [3.8, 4) is 0 Å². The van der Waals surface area contributed by atoms with Crippen LogP contribution in [0.15, 0.2) is 0 Å². The molecule has 0 radical (unpaired) electrons. The Morgan fingerprint density at radius 2 is 1.71 bits per heavy atom. The van der Waals surface area contributed by atoms with E-state index in [2.05, 4.69) is 11.7 Å². The summed E-state index contributed by atoms with van der Waals surface area (Å²) in [5, 5.41) is 0. The standard InChI is InChI=1S/C17H33F3O6SSi/c1-6-7-8-9-10-14(28(4,5)25-3)11-12-15(21)26-16(2,17(18,19)20)13-27(22,23)24/h14H,6-13H2,1-5H3,(H,22,23,24). The monoisotopic (exact) mass is 450 g/mol. The van der Waals surface area contributed by atoms with Crippen LogP contribution in [0.5, 0.6) is 0 Å². The number of hydrogen-bond acceptors (Lipinski definition) is 5.